The van der Waals surface area contributed by atoms with Gasteiger partial charge >= 0.3 is 0 Å². The highest BCUT2D eigenvalue weighted by atomic mass is 32.1. The molecule has 1 aromatic carbocycles. The number of hydrogen-bond acceptors (Lipinski definition) is 6. The average Bonchev–Trinajstić information content (AvgIpc) is 3.43. The second-order valence-electron chi connectivity index (χ2n) is 6.35. The molecule has 1 aliphatic rings. The van der Waals surface area contributed by atoms with Gasteiger partial charge in [0, 0.05) is 11.8 Å². The molecule has 4 rings (SSSR count). The Morgan fingerprint density at radius 3 is 2.81 bits per heavy atom. The summed E-state index contributed by atoms with van der Waals surface area (Å²) >= 11 is 3.00. The van der Waals surface area contributed by atoms with Crippen molar-refractivity contribution in [1.82, 2.24) is 4.98 Å². The lowest BCUT2D eigenvalue weighted by Gasteiger charge is -2.17. The highest BCUT2D eigenvalue weighted by Crippen LogP contribution is 2.34. The van der Waals surface area contributed by atoms with Gasteiger partial charge in [-0.1, -0.05) is 6.07 Å². The fourth-order valence-electron chi connectivity index (χ4n) is 3.12. The van der Waals surface area contributed by atoms with E-state index in [4.69, 9.17) is 9.47 Å². The van der Waals surface area contributed by atoms with E-state index in [0.29, 0.717) is 22.1 Å². The molecule has 0 aliphatic heterocycles. The summed E-state index contributed by atoms with van der Waals surface area (Å²) in [6.07, 6.45) is 6.36. The maximum atomic E-state index is 12.6. The number of aromatic nitrogens is 1. The Morgan fingerprint density at radius 2 is 2.07 bits per heavy atom. The summed E-state index contributed by atoms with van der Waals surface area (Å²) in [6.45, 7) is 0. The Hall–Kier alpha value is -2.38. The molecule has 27 heavy (non-hydrogen) atoms. The van der Waals surface area contributed by atoms with E-state index >= 15 is 0 Å². The van der Waals surface area contributed by atoms with Crippen molar-refractivity contribution in [3.8, 4) is 21.4 Å². The van der Waals surface area contributed by atoms with E-state index in [9.17, 15) is 4.79 Å². The van der Waals surface area contributed by atoms with Gasteiger partial charge in [-0.05, 0) is 49.3 Å². The van der Waals surface area contributed by atoms with Crippen molar-refractivity contribution in [2.75, 3.05) is 12.4 Å². The van der Waals surface area contributed by atoms with E-state index in [1.807, 2.05) is 35.7 Å². The smallest absolute Gasteiger partial charge is 0.267 e. The van der Waals surface area contributed by atoms with Crippen molar-refractivity contribution >= 4 is 34.3 Å². The highest BCUT2D eigenvalue weighted by Gasteiger charge is 2.19. The minimum absolute atomic E-state index is 0.174. The molecule has 2 heterocycles. The zero-order valence-electron chi connectivity index (χ0n) is 14.9. The first-order chi connectivity index (χ1) is 13.2. The third-order valence-electron chi connectivity index (χ3n) is 4.48. The van der Waals surface area contributed by atoms with Gasteiger partial charge in [0.1, 0.15) is 9.88 Å². The van der Waals surface area contributed by atoms with Gasteiger partial charge in [0.25, 0.3) is 5.91 Å². The molecule has 140 valence electrons. The van der Waals surface area contributed by atoms with Crippen molar-refractivity contribution < 1.29 is 14.3 Å². The van der Waals surface area contributed by atoms with Gasteiger partial charge < -0.3 is 14.8 Å². The number of thiazole rings is 1. The number of amides is 1. The summed E-state index contributed by atoms with van der Waals surface area (Å²) in [5.74, 6) is 1.18. The predicted molar refractivity (Wildman–Crippen MR) is 109 cm³/mol. The minimum atomic E-state index is -0.174. The van der Waals surface area contributed by atoms with E-state index in [0.717, 1.165) is 22.7 Å². The third-order valence-corrected chi connectivity index (χ3v) is 6.51. The largest absolute Gasteiger partial charge is 0.493 e. The normalized spacial score (nSPS) is 14.3. The Balaban J connectivity index is 1.49. The number of nitrogens with one attached hydrogen (secondary N) is 1. The van der Waals surface area contributed by atoms with Crippen LogP contribution < -0.4 is 14.8 Å². The highest BCUT2D eigenvalue weighted by molar-refractivity contribution is 7.22. The second kappa shape index (κ2) is 8.10. The Morgan fingerprint density at radius 1 is 1.22 bits per heavy atom. The van der Waals surface area contributed by atoms with Gasteiger partial charge in [-0.25, -0.2) is 4.98 Å². The fraction of sp³-hybridized carbons (Fsp3) is 0.300. The van der Waals surface area contributed by atoms with E-state index in [2.05, 4.69) is 10.3 Å². The van der Waals surface area contributed by atoms with E-state index in [1.54, 1.807) is 24.6 Å². The second-order valence-corrected chi connectivity index (χ2v) is 8.33. The van der Waals surface area contributed by atoms with Crippen molar-refractivity contribution in [2.45, 2.75) is 31.8 Å². The lowest BCUT2D eigenvalue weighted by Crippen LogP contribution is -2.13. The molecule has 0 bridgehead atoms. The first-order valence-electron chi connectivity index (χ1n) is 8.88. The van der Waals surface area contributed by atoms with Crippen molar-refractivity contribution in [1.29, 1.82) is 0 Å². The number of nitrogens with zero attached hydrogens (tertiary/aromatic N) is 1. The number of methoxy groups -OCH3 is 1. The molecule has 1 N–H and O–H groups in total. The number of hydrogen-bond donors (Lipinski definition) is 1. The molecule has 2 aromatic heterocycles. The zero-order valence-corrected chi connectivity index (χ0v) is 16.6. The number of thiophene rings is 1. The van der Waals surface area contributed by atoms with Crippen molar-refractivity contribution in [2.24, 2.45) is 0 Å². The van der Waals surface area contributed by atoms with Gasteiger partial charge in [-0.3, -0.25) is 4.79 Å². The predicted octanol–water partition coefficient (Wildman–Crippen LogP) is 5.45. The first-order valence-corrected chi connectivity index (χ1v) is 10.6. The zero-order chi connectivity index (χ0) is 18.6. The molecule has 7 heteroatoms. The van der Waals surface area contributed by atoms with Crippen LogP contribution in [-0.4, -0.2) is 24.1 Å². The molecule has 1 fully saturated rings. The minimum Gasteiger partial charge on any atom is -0.493 e. The quantitative estimate of drug-likeness (QED) is 0.597. The summed E-state index contributed by atoms with van der Waals surface area (Å²) in [5.41, 5.74) is 0.680. The van der Waals surface area contributed by atoms with Crippen LogP contribution in [0.3, 0.4) is 0 Å². The monoisotopic (exact) mass is 400 g/mol. The van der Waals surface area contributed by atoms with Crippen molar-refractivity contribution in [3.63, 3.8) is 0 Å². The van der Waals surface area contributed by atoms with Gasteiger partial charge in [0.05, 0.1) is 24.3 Å². The van der Waals surface area contributed by atoms with Crippen LogP contribution in [0.5, 0.6) is 11.5 Å². The van der Waals surface area contributed by atoms with Crippen LogP contribution in [0.15, 0.2) is 41.9 Å². The lowest BCUT2D eigenvalue weighted by atomic mass is 10.2. The van der Waals surface area contributed by atoms with E-state index < -0.39 is 0 Å². The number of anilines is 1. The summed E-state index contributed by atoms with van der Waals surface area (Å²) < 4.78 is 11.5. The van der Waals surface area contributed by atoms with Gasteiger partial charge in [0.15, 0.2) is 11.5 Å². The Bertz CT molecular complexity index is 915. The fourth-order valence-corrected chi connectivity index (χ4v) is 4.73. The molecule has 0 saturated heterocycles. The van der Waals surface area contributed by atoms with Crippen LogP contribution in [0.2, 0.25) is 0 Å². The number of ether oxygens (including phenoxy) is 2. The molecule has 3 aromatic rings. The number of carbonyl (C=O) groups excluding carboxylic acids is 1. The van der Waals surface area contributed by atoms with Crippen LogP contribution in [0.4, 0.5) is 5.69 Å². The molecule has 0 atom stereocenters. The molecule has 5 nitrogen and oxygen atoms in total. The van der Waals surface area contributed by atoms with Crippen LogP contribution in [0.25, 0.3) is 9.88 Å². The van der Waals surface area contributed by atoms with Crippen LogP contribution in [0.1, 0.15) is 35.4 Å². The lowest BCUT2D eigenvalue weighted by molar-refractivity contribution is 0.103. The molecule has 1 aliphatic carbocycles. The maximum absolute atomic E-state index is 12.6. The molecular weight excluding hydrogens is 380 g/mol. The Kier molecular flexibility index (Phi) is 5.40. The molecular formula is C20H20N2O3S2. The number of benzene rings is 1. The number of carbonyl (C=O) groups is 1. The molecule has 1 amide bonds. The van der Waals surface area contributed by atoms with Gasteiger partial charge in [-0.2, -0.15) is 0 Å². The SMILES string of the molecule is COc1ccc(NC(=O)c2cnc(-c3cccs3)s2)cc1OC1CCCC1. The number of rotatable bonds is 6. The molecule has 0 spiro atoms. The molecule has 0 radical (unpaired) electrons. The molecule has 0 unspecified atom stereocenters. The van der Waals surface area contributed by atoms with Gasteiger partial charge in [0.2, 0.25) is 0 Å². The average molecular weight is 401 g/mol. The Labute approximate surface area is 166 Å². The summed E-state index contributed by atoms with van der Waals surface area (Å²) in [4.78, 5) is 18.6. The van der Waals surface area contributed by atoms with Crippen molar-refractivity contribution in [3.05, 3.63) is 46.8 Å². The van der Waals surface area contributed by atoms with Crippen LogP contribution in [-0.2, 0) is 0 Å². The first kappa shape index (κ1) is 18.0. The standard InChI is InChI=1S/C20H20N2O3S2/c1-24-15-9-8-13(11-16(15)25-14-5-2-3-6-14)22-19(23)18-12-21-20(27-18)17-7-4-10-26-17/h4,7-12,14H,2-3,5-6H2,1H3,(H,22,23). The van der Waals surface area contributed by atoms with E-state index in [1.165, 1.54) is 24.2 Å². The third kappa shape index (κ3) is 4.14. The summed E-state index contributed by atoms with van der Waals surface area (Å²) in [5, 5.41) is 5.79. The maximum Gasteiger partial charge on any atom is 0.267 e. The summed E-state index contributed by atoms with van der Waals surface area (Å²) in [7, 11) is 1.62. The van der Waals surface area contributed by atoms with E-state index in [-0.39, 0.29) is 12.0 Å². The van der Waals surface area contributed by atoms with Crippen LogP contribution in [0, 0.1) is 0 Å². The topological polar surface area (TPSA) is 60.5 Å². The molecule has 1 saturated carbocycles. The van der Waals surface area contributed by atoms with Gasteiger partial charge in [-0.15, -0.1) is 22.7 Å². The van der Waals surface area contributed by atoms with Crippen LogP contribution >= 0.6 is 22.7 Å². The summed E-state index contributed by atoms with van der Waals surface area (Å²) in [6, 6.07) is 9.45.